The predicted octanol–water partition coefficient (Wildman–Crippen LogP) is 3.87. The Hall–Kier alpha value is -1.87. The molecule has 0 amide bonds. The number of para-hydroxylation sites is 1. The molecule has 0 spiro atoms. The average molecular weight is 272 g/mol. The maximum Gasteiger partial charge on any atom is 0.123 e. The first kappa shape index (κ1) is 14.5. The van der Waals surface area contributed by atoms with E-state index in [0.717, 1.165) is 29.8 Å². The van der Waals surface area contributed by atoms with Gasteiger partial charge >= 0.3 is 0 Å². The SMILES string of the molecule is CC[C@H](N)c1ccccc1N(C)Cc1ccc(F)cc1. The molecule has 0 fully saturated rings. The first-order valence-corrected chi connectivity index (χ1v) is 6.92. The summed E-state index contributed by atoms with van der Waals surface area (Å²) in [6, 6.07) is 14.8. The number of nitrogens with zero attached hydrogens (tertiary/aromatic N) is 1. The minimum atomic E-state index is -0.204. The topological polar surface area (TPSA) is 29.3 Å². The summed E-state index contributed by atoms with van der Waals surface area (Å²) in [7, 11) is 2.03. The Morgan fingerprint density at radius 1 is 1.10 bits per heavy atom. The first-order chi connectivity index (χ1) is 9.61. The zero-order valence-electron chi connectivity index (χ0n) is 12.0. The monoisotopic (exact) mass is 272 g/mol. The minimum absolute atomic E-state index is 0.0434. The van der Waals surface area contributed by atoms with E-state index in [1.54, 1.807) is 0 Å². The molecule has 0 saturated heterocycles. The van der Waals surface area contributed by atoms with Gasteiger partial charge in [-0.2, -0.15) is 0 Å². The maximum absolute atomic E-state index is 12.9. The molecule has 3 heteroatoms. The third kappa shape index (κ3) is 3.36. The molecule has 0 bridgehead atoms. The van der Waals surface area contributed by atoms with Crippen LogP contribution >= 0.6 is 0 Å². The lowest BCUT2D eigenvalue weighted by atomic mass is 10.0. The summed E-state index contributed by atoms with van der Waals surface area (Å²) in [5.41, 5.74) is 9.53. The Morgan fingerprint density at radius 2 is 1.75 bits per heavy atom. The van der Waals surface area contributed by atoms with Gasteiger partial charge in [0, 0.05) is 25.3 Å². The van der Waals surface area contributed by atoms with E-state index < -0.39 is 0 Å². The molecule has 2 N–H and O–H groups in total. The van der Waals surface area contributed by atoms with E-state index in [9.17, 15) is 4.39 Å². The molecule has 0 saturated carbocycles. The van der Waals surface area contributed by atoms with Gasteiger partial charge < -0.3 is 10.6 Å². The van der Waals surface area contributed by atoms with Gasteiger partial charge in [-0.05, 0) is 35.7 Å². The van der Waals surface area contributed by atoms with E-state index >= 15 is 0 Å². The van der Waals surface area contributed by atoms with Crippen LogP contribution in [0.3, 0.4) is 0 Å². The molecular weight excluding hydrogens is 251 g/mol. The van der Waals surface area contributed by atoms with Gasteiger partial charge in [-0.15, -0.1) is 0 Å². The summed E-state index contributed by atoms with van der Waals surface area (Å²) in [6.45, 7) is 2.81. The van der Waals surface area contributed by atoms with Crippen LogP contribution in [0.2, 0.25) is 0 Å². The second kappa shape index (κ2) is 6.53. The summed E-state index contributed by atoms with van der Waals surface area (Å²) in [5, 5.41) is 0. The maximum atomic E-state index is 12.9. The number of hydrogen-bond acceptors (Lipinski definition) is 2. The van der Waals surface area contributed by atoms with Crippen LogP contribution in [-0.2, 0) is 6.54 Å². The largest absolute Gasteiger partial charge is 0.370 e. The van der Waals surface area contributed by atoms with E-state index in [4.69, 9.17) is 5.73 Å². The number of rotatable bonds is 5. The lowest BCUT2D eigenvalue weighted by molar-refractivity contribution is 0.627. The van der Waals surface area contributed by atoms with Gasteiger partial charge in [0.05, 0.1) is 0 Å². The number of benzene rings is 2. The zero-order valence-corrected chi connectivity index (χ0v) is 12.0. The molecule has 0 radical (unpaired) electrons. The Bertz CT molecular complexity index is 551. The fraction of sp³-hybridized carbons (Fsp3) is 0.294. The minimum Gasteiger partial charge on any atom is -0.370 e. The second-order valence-corrected chi connectivity index (χ2v) is 5.06. The summed E-state index contributed by atoms with van der Waals surface area (Å²) >= 11 is 0. The molecule has 20 heavy (non-hydrogen) atoms. The molecule has 106 valence electrons. The van der Waals surface area contributed by atoms with Gasteiger partial charge in [-0.1, -0.05) is 37.3 Å². The zero-order chi connectivity index (χ0) is 14.5. The molecular formula is C17H21FN2. The van der Waals surface area contributed by atoms with Gasteiger partial charge in [0.15, 0.2) is 0 Å². The third-order valence-corrected chi connectivity index (χ3v) is 3.52. The molecule has 0 aromatic heterocycles. The lowest BCUT2D eigenvalue weighted by Gasteiger charge is -2.24. The summed E-state index contributed by atoms with van der Waals surface area (Å²) < 4.78 is 12.9. The molecule has 2 aromatic rings. The van der Waals surface area contributed by atoms with Crippen molar-refractivity contribution in [1.29, 1.82) is 0 Å². The Labute approximate surface area is 120 Å². The smallest absolute Gasteiger partial charge is 0.123 e. The Morgan fingerprint density at radius 3 is 2.40 bits per heavy atom. The van der Waals surface area contributed by atoms with Crippen molar-refractivity contribution in [3.8, 4) is 0 Å². The highest BCUT2D eigenvalue weighted by Gasteiger charge is 2.12. The Kier molecular flexibility index (Phi) is 4.74. The number of nitrogens with two attached hydrogens (primary N) is 1. The van der Waals surface area contributed by atoms with E-state index in [-0.39, 0.29) is 11.9 Å². The van der Waals surface area contributed by atoms with E-state index in [2.05, 4.69) is 24.0 Å². The fourth-order valence-electron chi connectivity index (χ4n) is 2.32. The quantitative estimate of drug-likeness (QED) is 0.895. The van der Waals surface area contributed by atoms with Crippen molar-refractivity contribution in [3.63, 3.8) is 0 Å². The van der Waals surface area contributed by atoms with Crippen molar-refractivity contribution in [1.82, 2.24) is 0 Å². The van der Waals surface area contributed by atoms with Crippen molar-refractivity contribution >= 4 is 5.69 Å². The normalized spacial score (nSPS) is 12.2. The lowest BCUT2D eigenvalue weighted by Crippen LogP contribution is -2.20. The fourth-order valence-corrected chi connectivity index (χ4v) is 2.32. The van der Waals surface area contributed by atoms with E-state index in [1.165, 1.54) is 12.1 Å². The van der Waals surface area contributed by atoms with Crippen LogP contribution < -0.4 is 10.6 Å². The molecule has 0 aliphatic heterocycles. The summed E-state index contributed by atoms with van der Waals surface area (Å²) in [6.07, 6.45) is 0.904. The Balaban J connectivity index is 2.20. The van der Waals surface area contributed by atoms with Crippen molar-refractivity contribution in [2.45, 2.75) is 25.9 Å². The molecule has 1 atom stereocenters. The first-order valence-electron chi connectivity index (χ1n) is 6.92. The summed E-state index contributed by atoms with van der Waals surface area (Å²) in [4.78, 5) is 2.15. The molecule has 2 aromatic carbocycles. The van der Waals surface area contributed by atoms with Gasteiger partial charge in [0.2, 0.25) is 0 Å². The van der Waals surface area contributed by atoms with Crippen molar-refractivity contribution < 1.29 is 4.39 Å². The van der Waals surface area contributed by atoms with Crippen LogP contribution in [0.15, 0.2) is 48.5 Å². The summed E-state index contributed by atoms with van der Waals surface area (Å²) in [5.74, 6) is -0.204. The van der Waals surface area contributed by atoms with Gasteiger partial charge in [-0.25, -0.2) is 4.39 Å². The van der Waals surface area contributed by atoms with Crippen LogP contribution in [0, 0.1) is 5.82 Å². The average Bonchev–Trinajstić information content (AvgIpc) is 2.48. The van der Waals surface area contributed by atoms with Crippen molar-refractivity contribution in [2.75, 3.05) is 11.9 Å². The van der Waals surface area contributed by atoms with Crippen LogP contribution in [-0.4, -0.2) is 7.05 Å². The number of anilines is 1. The predicted molar refractivity (Wildman–Crippen MR) is 82.2 cm³/mol. The highest BCUT2D eigenvalue weighted by atomic mass is 19.1. The van der Waals surface area contributed by atoms with Crippen LogP contribution in [0.25, 0.3) is 0 Å². The number of halogens is 1. The second-order valence-electron chi connectivity index (χ2n) is 5.06. The van der Waals surface area contributed by atoms with Gasteiger partial charge in [0.1, 0.15) is 5.82 Å². The standard InChI is InChI=1S/C17H21FN2/c1-3-16(19)15-6-4-5-7-17(15)20(2)12-13-8-10-14(18)11-9-13/h4-11,16H,3,12,19H2,1-2H3/t16-/m0/s1. The van der Waals surface area contributed by atoms with E-state index in [0.29, 0.717) is 0 Å². The number of hydrogen-bond donors (Lipinski definition) is 1. The highest BCUT2D eigenvalue weighted by molar-refractivity contribution is 5.54. The molecule has 0 aliphatic carbocycles. The van der Waals surface area contributed by atoms with Gasteiger partial charge in [-0.3, -0.25) is 0 Å². The molecule has 2 rings (SSSR count). The van der Waals surface area contributed by atoms with Crippen molar-refractivity contribution in [2.24, 2.45) is 5.73 Å². The van der Waals surface area contributed by atoms with E-state index in [1.807, 2.05) is 31.3 Å². The third-order valence-electron chi connectivity index (χ3n) is 3.52. The molecule has 0 heterocycles. The molecule has 0 unspecified atom stereocenters. The highest BCUT2D eigenvalue weighted by Crippen LogP contribution is 2.27. The van der Waals surface area contributed by atoms with Crippen LogP contribution in [0.4, 0.5) is 10.1 Å². The molecule has 0 aliphatic rings. The van der Waals surface area contributed by atoms with Gasteiger partial charge in [0.25, 0.3) is 0 Å². The molecule has 2 nitrogen and oxygen atoms in total. The van der Waals surface area contributed by atoms with Crippen LogP contribution in [0.5, 0.6) is 0 Å². The van der Waals surface area contributed by atoms with Crippen LogP contribution in [0.1, 0.15) is 30.5 Å². The van der Waals surface area contributed by atoms with Crippen molar-refractivity contribution in [3.05, 3.63) is 65.5 Å².